The predicted octanol–water partition coefficient (Wildman–Crippen LogP) is 2.39. The van der Waals surface area contributed by atoms with Gasteiger partial charge in [0.2, 0.25) is 5.75 Å². The number of benzene rings is 1. The molecule has 8 heteroatoms. The molecule has 92 valence electrons. The monoisotopic (exact) mass is 249 g/mol. The number of epoxide rings is 1. The van der Waals surface area contributed by atoms with Crippen molar-refractivity contribution in [1.29, 1.82) is 0 Å². The van der Waals surface area contributed by atoms with Crippen LogP contribution >= 0.6 is 0 Å². The Morgan fingerprint density at radius 2 is 2.06 bits per heavy atom. The third-order valence-corrected chi connectivity index (χ3v) is 2.32. The third kappa shape index (κ3) is 2.16. The van der Waals surface area contributed by atoms with Crippen LogP contribution in [0.25, 0.3) is 0 Å². The summed E-state index contributed by atoms with van der Waals surface area (Å²) < 4.78 is 42.4. The van der Waals surface area contributed by atoms with Crippen LogP contribution in [0.5, 0.6) is 5.75 Å². The Labute approximate surface area is 92.6 Å². The van der Waals surface area contributed by atoms with Gasteiger partial charge in [0.05, 0.1) is 11.5 Å². The van der Waals surface area contributed by atoms with Gasteiger partial charge in [0.15, 0.2) is 0 Å². The highest BCUT2D eigenvalue weighted by Gasteiger charge is 2.40. The van der Waals surface area contributed by atoms with Gasteiger partial charge in [0, 0.05) is 6.07 Å². The zero-order valence-corrected chi connectivity index (χ0v) is 8.19. The van der Waals surface area contributed by atoms with E-state index in [0.717, 1.165) is 6.07 Å². The van der Waals surface area contributed by atoms with E-state index in [9.17, 15) is 28.4 Å². The summed E-state index contributed by atoms with van der Waals surface area (Å²) in [5.74, 6) is -1.37. The highest BCUT2D eigenvalue weighted by Crippen LogP contribution is 2.44. The minimum absolute atomic E-state index is 0.0434. The van der Waals surface area contributed by atoms with Gasteiger partial charge in [0.25, 0.3) is 0 Å². The molecule has 1 aliphatic heterocycles. The maximum Gasteiger partial charge on any atom is 0.420 e. The molecule has 0 aliphatic carbocycles. The minimum atomic E-state index is -4.85. The summed E-state index contributed by atoms with van der Waals surface area (Å²) >= 11 is 0. The average Bonchev–Trinajstić information content (AvgIpc) is 2.99. The van der Waals surface area contributed by atoms with E-state index >= 15 is 0 Å². The van der Waals surface area contributed by atoms with Crippen LogP contribution in [0.2, 0.25) is 0 Å². The van der Waals surface area contributed by atoms with E-state index in [0.29, 0.717) is 6.07 Å². The molecule has 2 rings (SSSR count). The molecule has 1 atom stereocenters. The molecule has 0 saturated carbocycles. The summed E-state index contributed by atoms with van der Waals surface area (Å²) in [6, 6.07) is 1.56. The predicted molar refractivity (Wildman–Crippen MR) is 48.5 cm³/mol. The van der Waals surface area contributed by atoms with Crippen LogP contribution in [0, 0.1) is 10.1 Å². The van der Waals surface area contributed by atoms with Gasteiger partial charge < -0.3 is 9.84 Å². The molecule has 5 nitrogen and oxygen atoms in total. The molecule has 1 heterocycles. The summed E-state index contributed by atoms with van der Waals surface area (Å²) in [5.41, 5.74) is -2.34. The first-order chi connectivity index (χ1) is 7.80. The van der Waals surface area contributed by atoms with Crippen molar-refractivity contribution >= 4 is 5.69 Å². The van der Waals surface area contributed by atoms with Crippen molar-refractivity contribution in [1.82, 2.24) is 0 Å². The molecule has 0 radical (unpaired) electrons. The lowest BCUT2D eigenvalue weighted by atomic mass is 10.1. The van der Waals surface area contributed by atoms with Gasteiger partial charge in [-0.25, -0.2) is 0 Å². The van der Waals surface area contributed by atoms with E-state index < -0.39 is 34.2 Å². The molecule has 17 heavy (non-hydrogen) atoms. The fourth-order valence-electron chi connectivity index (χ4n) is 1.42. The number of nitro groups is 1. The number of hydrogen-bond acceptors (Lipinski definition) is 4. The van der Waals surface area contributed by atoms with Crippen molar-refractivity contribution in [2.45, 2.75) is 12.3 Å². The number of alkyl halides is 3. The van der Waals surface area contributed by atoms with Gasteiger partial charge in [-0.1, -0.05) is 0 Å². The van der Waals surface area contributed by atoms with Crippen LogP contribution < -0.4 is 0 Å². The fourth-order valence-corrected chi connectivity index (χ4v) is 1.42. The molecule has 1 aromatic carbocycles. The number of halogens is 3. The summed E-state index contributed by atoms with van der Waals surface area (Å²) in [6.07, 6.45) is -5.41. The number of aromatic hydroxyl groups is 1. The first-order valence-corrected chi connectivity index (χ1v) is 4.51. The lowest BCUT2D eigenvalue weighted by Crippen LogP contribution is -2.07. The highest BCUT2D eigenvalue weighted by molar-refractivity contribution is 5.55. The Morgan fingerprint density at radius 1 is 1.47 bits per heavy atom. The molecule has 1 aromatic rings. The van der Waals surface area contributed by atoms with Gasteiger partial charge in [-0.05, 0) is 11.6 Å². The Kier molecular flexibility index (Phi) is 2.46. The Morgan fingerprint density at radius 3 is 2.47 bits per heavy atom. The Hall–Kier alpha value is -1.83. The SMILES string of the molecule is O=[N+]([O-])c1cc(C2CO2)cc(C(F)(F)F)c1O. The number of nitrogens with zero attached hydrogens (tertiary/aromatic N) is 1. The van der Waals surface area contributed by atoms with E-state index in [4.69, 9.17) is 4.74 Å². The largest absolute Gasteiger partial charge is 0.502 e. The second-order valence-corrected chi connectivity index (χ2v) is 3.51. The molecule has 1 fully saturated rings. The van der Waals surface area contributed by atoms with Gasteiger partial charge in [-0.3, -0.25) is 10.1 Å². The van der Waals surface area contributed by atoms with Crippen LogP contribution in [0.1, 0.15) is 17.2 Å². The van der Waals surface area contributed by atoms with Gasteiger partial charge in [-0.2, -0.15) is 13.2 Å². The minimum Gasteiger partial charge on any atom is -0.502 e. The zero-order valence-electron chi connectivity index (χ0n) is 8.19. The molecular weight excluding hydrogens is 243 g/mol. The van der Waals surface area contributed by atoms with Crippen molar-refractivity contribution in [2.24, 2.45) is 0 Å². The summed E-state index contributed by atoms with van der Waals surface area (Å²) in [5, 5.41) is 19.8. The first kappa shape index (κ1) is 11.6. The molecule has 0 amide bonds. The number of rotatable bonds is 2. The number of phenols is 1. The smallest absolute Gasteiger partial charge is 0.420 e. The van der Waals surface area contributed by atoms with Gasteiger partial charge >= 0.3 is 11.9 Å². The first-order valence-electron chi connectivity index (χ1n) is 4.51. The van der Waals surface area contributed by atoms with E-state index in [-0.39, 0.29) is 12.2 Å². The molecule has 0 aromatic heterocycles. The number of phenolic OH excluding ortho intramolecular Hbond substituents is 1. The van der Waals surface area contributed by atoms with Crippen LogP contribution in [-0.4, -0.2) is 16.6 Å². The second-order valence-electron chi connectivity index (χ2n) is 3.51. The van der Waals surface area contributed by atoms with Crippen LogP contribution in [0.3, 0.4) is 0 Å². The molecule has 1 unspecified atom stereocenters. The maximum absolute atomic E-state index is 12.5. The van der Waals surface area contributed by atoms with E-state index in [1.807, 2.05) is 0 Å². The lowest BCUT2D eigenvalue weighted by Gasteiger charge is -2.10. The van der Waals surface area contributed by atoms with E-state index in [2.05, 4.69) is 0 Å². The summed E-state index contributed by atoms with van der Waals surface area (Å²) in [4.78, 5) is 9.47. The van der Waals surface area contributed by atoms with Crippen molar-refractivity contribution in [3.05, 3.63) is 33.4 Å². The van der Waals surface area contributed by atoms with Crippen molar-refractivity contribution in [2.75, 3.05) is 6.61 Å². The van der Waals surface area contributed by atoms with Crippen molar-refractivity contribution < 1.29 is 27.9 Å². The Bertz CT molecular complexity index is 482. The van der Waals surface area contributed by atoms with E-state index in [1.165, 1.54) is 0 Å². The van der Waals surface area contributed by atoms with Crippen molar-refractivity contribution in [3.63, 3.8) is 0 Å². The quantitative estimate of drug-likeness (QED) is 0.496. The molecule has 1 N–H and O–H groups in total. The lowest BCUT2D eigenvalue weighted by molar-refractivity contribution is -0.386. The van der Waals surface area contributed by atoms with Crippen LogP contribution in [0.15, 0.2) is 12.1 Å². The average molecular weight is 249 g/mol. The zero-order chi connectivity index (χ0) is 12.8. The van der Waals surface area contributed by atoms with E-state index in [1.54, 1.807) is 0 Å². The highest BCUT2D eigenvalue weighted by atomic mass is 19.4. The third-order valence-electron chi connectivity index (χ3n) is 2.32. The normalized spacial score (nSPS) is 19.1. The fraction of sp³-hybridized carbons (Fsp3) is 0.333. The van der Waals surface area contributed by atoms with Gasteiger partial charge in [-0.15, -0.1) is 0 Å². The standard InChI is InChI=1S/C9H6F3NO4/c10-9(11,12)5-1-4(7-3-17-7)2-6(8(5)14)13(15)16/h1-2,7,14H,3H2. The molecular formula is C9H6F3NO4. The molecule has 1 aliphatic rings. The summed E-state index contributed by atoms with van der Waals surface area (Å²) in [6.45, 7) is 0.221. The van der Waals surface area contributed by atoms with Crippen molar-refractivity contribution in [3.8, 4) is 5.75 Å². The number of hydrogen-bond donors (Lipinski definition) is 1. The molecule has 1 saturated heterocycles. The van der Waals surface area contributed by atoms with Crippen LogP contribution in [0.4, 0.5) is 18.9 Å². The molecule has 0 bridgehead atoms. The molecule has 0 spiro atoms. The number of ether oxygens (including phenoxy) is 1. The maximum atomic E-state index is 12.5. The second kappa shape index (κ2) is 3.59. The Balaban J connectivity index is 2.61. The van der Waals surface area contributed by atoms with Crippen LogP contribution in [-0.2, 0) is 10.9 Å². The topological polar surface area (TPSA) is 75.9 Å². The summed E-state index contributed by atoms with van der Waals surface area (Å²) in [7, 11) is 0. The number of nitro benzene ring substituents is 1. The van der Waals surface area contributed by atoms with Gasteiger partial charge in [0.1, 0.15) is 11.7 Å².